The smallest absolute Gasteiger partial charge is 0.396 e. The largest absolute Gasteiger partial charge is 0.418 e. The molecule has 0 bridgehead atoms. The van der Waals surface area contributed by atoms with Gasteiger partial charge in [-0.3, -0.25) is 9.88 Å². The molecule has 0 unspecified atom stereocenters. The number of para-hydroxylation sites is 1. The van der Waals surface area contributed by atoms with Gasteiger partial charge in [-0.2, -0.15) is 13.2 Å². The van der Waals surface area contributed by atoms with E-state index in [4.69, 9.17) is 0 Å². The van der Waals surface area contributed by atoms with E-state index < -0.39 is 11.7 Å². The van der Waals surface area contributed by atoms with E-state index in [-0.39, 0.29) is 18.2 Å². The molecule has 1 aromatic carbocycles. The number of hydrogen-bond acceptors (Lipinski definition) is 4. The van der Waals surface area contributed by atoms with E-state index >= 15 is 0 Å². The fraction of sp³-hybridized carbons (Fsp3) is 0.571. The van der Waals surface area contributed by atoms with Crippen molar-refractivity contribution < 1.29 is 18.3 Å². The molecule has 2 fully saturated rings. The van der Waals surface area contributed by atoms with Gasteiger partial charge in [-0.15, -0.1) is 0 Å². The van der Waals surface area contributed by atoms with Crippen molar-refractivity contribution in [3.05, 3.63) is 36.0 Å². The molecular weight excluding hydrogens is 367 g/mol. The van der Waals surface area contributed by atoms with Crippen LogP contribution in [0.15, 0.2) is 30.5 Å². The normalized spacial score (nSPS) is 22.3. The van der Waals surface area contributed by atoms with Gasteiger partial charge in [0.1, 0.15) is 0 Å². The predicted molar refractivity (Wildman–Crippen MR) is 103 cm³/mol. The fourth-order valence-electron chi connectivity index (χ4n) is 4.88. The fourth-order valence-corrected chi connectivity index (χ4v) is 4.88. The lowest BCUT2D eigenvalue weighted by Gasteiger charge is -2.45. The van der Waals surface area contributed by atoms with Crippen LogP contribution in [-0.4, -0.2) is 53.3 Å². The third-order valence-electron chi connectivity index (χ3n) is 6.18. The maximum atomic E-state index is 13.4. The SMILES string of the molecule is OCC[C@H]1CN(c2ccnc3c(C(F)(F)F)cccc23)CCN1C1CCCC1. The van der Waals surface area contributed by atoms with Crippen molar-refractivity contribution in [2.45, 2.75) is 50.4 Å². The molecule has 0 spiro atoms. The molecule has 28 heavy (non-hydrogen) atoms. The summed E-state index contributed by atoms with van der Waals surface area (Å²) in [4.78, 5) is 8.72. The van der Waals surface area contributed by atoms with Crippen LogP contribution in [0.4, 0.5) is 18.9 Å². The van der Waals surface area contributed by atoms with Crippen LogP contribution in [-0.2, 0) is 6.18 Å². The van der Waals surface area contributed by atoms with Crippen LogP contribution < -0.4 is 4.90 Å². The molecule has 1 atom stereocenters. The molecule has 2 aromatic rings. The lowest BCUT2D eigenvalue weighted by Crippen LogP contribution is -2.56. The number of pyridine rings is 1. The first-order valence-corrected chi connectivity index (χ1v) is 10.1. The standard InChI is InChI=1S/C21H26F3N3O/c22-21(23,24)18-7-3-6-17-19(8-10-25-20(17)18)26-11-12-27(15-4-1-2-5-15)16(14-26)9-13-28/h3,6-8,10,15-16,28H,1-2,4-5,9,11-14H2/t16-/m0/s1. The summed E-state index contributed by atoms with van der Waals surface area (Å²) in [6, 6.07) is 6.86. The quantitative estimate of drug-likeness (QED) is 0.850. The summed E-state index contributed by atoms with van der Waals surface area (Å²) in [6.45, 7) is 2.48. The second-order valence-corrected chi connectivity index (χ2v) is 7.82. The number of anilines is 1. The molecular formula is C21H26F3N3O. The maximum Gasteiger partial charge on any atom is 0.418 e. The first kappa shape index (κ1) is 19.5. The number of aliphatic hydroxyl groups excluding tert-OH is 1. The zero-order valence-electron chi connectivity index (χ0n) is 15.8. The van der Waals surface area contributed by atoms with Crippen molar-refractivity contribution in [1.29, 1.82) is 0 Å². The van der Waals surface area contributed by atoms with Crippen molar-refractivity contribution in [1.82, 2.24) is 9.88 Å². The molecule has 7 heteroatoms. The predicted octanol–water partition coefficient (Wildman–Crippen LogP) is 4.07. The number of benzene rings is 1. The zero-order valence-corrected chi connectivity index (χ0v) is 15.8. The van der Waals surface area contributed by atoms with Crippen LogP contribution in [0.1, 0.15) is 37.7 Å². The van der Waals surface area contributed by atoms with Crippen molar-refractivity contribution in [2.75, 3.05) is 31.1 Å². The first-order chi connectivity index (χ1) is 13.5. The van der Waals surface area contributed by atoms with E-state index in [1.54, 1.807) is 6.07 Å². The third-order valence-corrected chi connectivity index (χ3v) is 6.18. The van der Waals surface area contributed by atoms with Crippen molar-refractivity contribution in [3.8, 4) is 0 Å². The van der Waals surface area contributed by atoms with E-state index in [9.17, 15) is 18.3 Å². The molecule has 1 N–H and O–H groups in total. The molecule has 4 nitrogen and oxygen atoms in total. The Hall–Kier alpha value is -1.86. The highest BCUT2D eigenvalue weighted by Gasteiger charge is 2.35. The van der Waals surface area contributed by atoms with E-state index in [0.29, 0.717) is 24.4 Å². The lowest BCUT2D eigenvalue weighted by molar-refractivity contribution is -0.136. The average molecular weight is 393 g/mol. The Labute approximate surface area is 163 Å². The Bertz CT molecular complexity index is 820. The van der Waals surface area contributed by atoms with Crippen LogP contribution in [0.3, 0.4) is 0 Å². The van der Waals surface area contributed by atoms with Crippen molar-refractivity contribution in [2.24, 2.45) is 0 Å². The molecule has 1 saturated carbocycles. The minimum absolute atomic E-state index is 0.00410. The van der Waals surface area contributed by atoms with Crippen LogP contribution >= 0.6 is 0 Å². The topological polar surface area (TPSA) is 39.6 Å². The summed E-state index contributed by atoms with van der Waals surface area (Å²) >= 11 is 0. The van der Waals surface area contributed by atoms with Gasteiger partial charge in [0, 0.05) is 55.6 Å². The number of aromatic nitrogens is 1. The summed E-state index contributed by atoms with van der Waals surface area (Å²) in [7, 11) is 0. The van der Waals surface area contributed by atoms with E-state index in [1.807, 2.05) is 6.07 Å². The van der Waals surface area contributed by atoms with Gasteiger partial charge < -0.3 is 10.0 Å². The first-order valence-electron chi connectivity index (χ1n) is 10.1. The molecule has 1 aromatic heterocycles. The summed E-state index contributed by atoms with van der Waals surface area (Å²) in [5.41, 5.74) is 0.109. The van der Waals surface area contributed by atoms with Crippen LogP contribution in [0.25, 0.3) is 10.9 Å². The van der Waals surface area contributed by atoms with Gasteiger partial charge in [0.2, 0.25) is 0 Å². The zero-order chi connectivity index (χ0) is 19.7. The molecule has 4 rings (SSSR count). The summed E-state index contributed by atoms with van der Waals surface area (Å²) in [5.74, 6) is 0. The Morgan fingerprint density at radius 1 is 1.11 bits per heavy atom. The number of alkyl halides is 3. The minimum Gasteiger partial charge on any atom is -0.396 e. The maximum absolute atomic E-state index is 13.4. The molecule has 0 radical (unpaired) electrons. The van der Waals surface area contributed by atoms with E-state index in [1.165, 1.54) is 37.9 Å². The third kappa shape index (κ3) is 3.70. The van der Waals surface area contributed by atoms with Gasteiger partial charge in [-0.05, 0) is 31.4 Å². The van der Waals surface area contributed by atoms with Crippen LogP contribution in [0.5, 0.6) is 0 Å². The van der Waals surface area contributed by atoms with Gasteiger partial charge >= 0.3 is 6.18 Å². The Morgan fingerprint density at radius 3 is 2.61 bits per heavy atom. The summed E-state index contributed by atoms with van der Waals surface area (Å²) < 4.78 is 40.2. The Balaban J connectivity index is 1.65. The minimum atomic E-state index is -4.42. The van der Waals surface area contributed by atoms with Crippen LogP contribution in [0.2, 0.25) is 0 Å². The van der Waals surface area contributed by atoms with Crippen molar-refractivity contribution in [3.63, 3.8) is 0 Å². The number of halogens is 3. The second kappa shape index (κ2) is 7.87. The molecule has 0 amide bonds. The Kier molecular flexibility index (Phi) is 5.47. The van der Waals surface area contributed by atoms with E-state index in [0.717, 1.165) is 24.8 Å². The highest BCUT2D eigenvalue weighted by molar-refractivity contribution is 5.93. The van der Waals surface area contributed by atoms with Crippen molar-refractivity contribution >= 4 is 16.6 Å². The number of hydrogen-bond donors (Lipinski definition) is 1. The molecule has 2 aliphatic rings. The number of rotatable bonds is 4. The van der Waals surface area contributed by atoms with E-state index in [2.05, 4.69) is 14.8 Å². The summed E-state index contributed by atoms with van der Waals surface area (Å²) in [6.07, 6.45) is 2.65. The average Bonchev–Trinajstić information content (AvgIpc) is 3.21. The highest BCUT2D eigenvalue weighted by atomic mass is 19.4. The molecule has 1 aliphatic carbocycles. The van der Waals surface area contributed by atoms with Gasteiger partial charge in [0.15, 0.2) is 0 Å². The molecule has 152 valence electrons. The van der Waals surface area contributed by atoms with Gasteiger partial charge in [0.25, 0.3) is 0 Å². The molecule has 1 saturated heterocycles. The number of fused-ring (bicyclic) bond motifs is 1. The lowest BCUT2D eigenvalue weighted by atomic mass is 10.0. The van der Waals surface area contributed by atoms with Gasteiger partial charge in [-0.25, -0.2) is 0 Å². The number of piperazine rings is 1. The molecule has 2 heterocycles. The summed E-state index contributed by atoms with van der Waals surface area (Å²) in [5, 5.41) is 10.1. The van der Waals surface area contributed by atoms with Crippen LogP contribution in [0, 0.1) is 0 Å². The monoisotopic (exact) mass is 393 g/mol. The second-order valence-electron chi connectivity index (χ2n) is 7.82. The highest BCUT2D eigenvalue weighted by Crippen LogP contribution is 2.37. The Morgan fingerprint density at radius 2 is 1.89 bits per heavy atom. The van der Waals surface area contributed by atoms with Gasteiger partial charge in [-0.1, -0.05) is 25.0 Å². The van der Waals surface area contributed by atoms with Gasteiger partial charge in [0.05, 0.1) is 11.1 Å². The molecule has 1 aliphatic heterocycles. The number of aliphatic hydroxyl groups is 1. The number of nitrogens with zero attached hydrogens (tertiary/aromatic N) is 3.